The van der Waals surface area contributed by atoms with Gasteiger partial charge in [-0.2, -0.15) is 0 Å². The lowest BCUT2D eigenvalue weighted by molar-refractivity contribution is 0.0902. The highest BCUT2D eigenvalue weighted by Crippen LogP contribution is 1.97. The summed E-state index contributed by atoms with van der Waals surface area (Å²) in [6.07, 6.45) is 2.66. The second-order valence-electron chi connectivity index (χ2n) is 1.79. The molecule has 0 aliphatic carbocycles. The third-order valence-corrected chi connectivity index (χ3v) is 1.43. The molecule has 0 aliphatic rings. The van der Waals surface area contributed by atoms with Crippen LogP contribution in [0.3, 0.4) is 0 Å². The molecule has 0 saturated heterocycles. The van der Waals surface area contributed by atoms with E-state index in [1.165, 1.54) is 6.26 Å². The molecule has 0 aromatic rings. The molecule has 0 aromatic carbocycles. The van der Waals surface area contributed by atoms with Crippen molar-refractivity contribution in [3.8, 4) is 0 Å². The first-order valence-electron chi connectivity index (χ1n) is 3.10. The molecule has 0 aliphatic heterocycles. The van der Waals surface area contributed by atoms with E-state index in [1.807, 2.05) is 0 Å². The minimum absolute atomic E-state index is 0.208. The van der Waals surface area contributed by atoms with Crippen LogP contribution in [0.2, 0.25) is 0 Å². The lowest BCUT2D eigenvalue weighted by Gasteiger charge is -2.12. The Morgan fingerprint density at radius 3 is 2.78 bits per heavy atom. The summed E-state index contributed by atoms with van der Waals surface area (Å²) in [5.74, 6) is 0. The first-order valence-corrected chi connectivity index (χ1v) is 3.92. The van der Waals surface area contributed by atoms with Crippen LogP contribution in [0.5, 0.6) is 0 Å². The fourth-order valence-electron chi connectivity index (χ4n) is 0.575. The van der Waals surface area contributed by atoms with Gasteiger partial charge in [0.05, 0.1) is 12.9 Å². The minimum Gasteiger partial charge on any atom is -0.496 e. The Kier molecular flexibility index (Phi) is 5.66. The molecule has 0 heterocycles. The van der Waals surface area contributed by atoms with Crippen LogP contribution < -0.4 is 0 Å². The van der Waals surface area contributed by atoms with Crippen molar-refractivity contribution < 1.29 is 9.16 Å². The molecular formula is C6H14O2Si. The van der Waals surface area contributed by atoms with Gasteiger partial charge in [-0.1, -0.05) is 13.5 Å². The number of ether oxygens (including phenoxy) is 1. The van der Waals surface area contributed by atoms with Gasteiger partial charge in [0, 0.05) is 0 Å². The molecule has 0 bridgehead atoms. The fourth-order valence-corrected chi connectivity index (χ4v) is 0.947. The Hall–Kier alpha value is -0.283. The normalized spacial score (nSPS) is 13.0. The zero-order valence-corrected chi connectivity index (χ0v) is 8.09. The van der Waals surface area contributed by atoms with Gasteiger partial charge in [0.1, 0.15) is 16.6 Å². The van der Waals surface area contributed by atoms with Crippen molar-refractivity contribution in [3.63, 3.8) is 0 Å². The van der Waals surface area contributed by atoms with Crippen molar-refractivity contribution in [2.24, 2.45) is 0 Å². The summed E-state index contributed by atoms with van der Waals surface area (Å²) < 4.78 is 10.1. The van der Waals surface area contributed by atoms with E-state index >= 15 is 0 Å². The predicted octanol–water partition coefficient (Wildman–Crippen LogP) is 0.222. The van der Waals surface area contributed by atoms with E-state index in [4.69, 9.17) is 9.16 Å². The van der Waals surface area contributed by atoms with Gasteiger partial charge in [0.25, 0.3) is 0 Å². The van der Waals surface area contributed by atoms with Gasteiger partial charge in [-0.25, -0.2) is 0 Å². The third-order valence-electron chi connectivity index (χ3n) is 1.10. The van der Waals surface area contributed by atoms with Crippen LogP contribution in [-0.4, -0.2) is 23.2 Å². The fraction of sp³-hybridized carbons (Fsp3) is 0.667. The zero-order chi connectivity index (χ0) is 7.11. The molecule has 0 spiro atoms. The summed E-state index contributed by atoms with van der Waals surface area (Å²) in [7, 11) is 0.784. The van der Waals surface area contributed by atoms with Crippen molar-refractivity contribution in [3.05, 3.63) is 12.8 Å². The zero-order valence-electron chi connectivity index (χ0n) is 6.09. The summed E-state index contributed by atoms with van der Waals surface area (Å²) in [5.41, 5.74) is 0. The van der Waals surface area contributed by atoms with Gasteiger partial charge in [0.15, 0.2) is 0 Å². The average Bonchev–Trinajstić information content (AvgIpc) is 1.88. The highest BCUT2D eigenvalue weighted by Gasteiger charge is 2.01. The summed E-state index contributed by atoms with van der Waals surface area (Å²) >= 11 is 0. The van der Waals surface area contributed by atoms with E-state index in [0.29, 0.717) is 6.61 Å². The summed E-state index contributed by atoms with van der Waals surface area (Å²) in [6.45, 7) is 6.23. The first kappa shape index (κ1) is 8.72. The molecule has 3 heteroatoms. The van der Waals surface area contributed by atoms with Crippen LogP contribution in [0.25, 0.3) is 0 Å². The van der Waals surface area contributed by atoms with Crippen LogP contribution >= 0.6 is 0 Å². The molecule has 1 atom stereocenters. The Balaban J connectivity index is 3.28. The molecular weight excluding hydrogens is 132 g/mol. The van der Waals surface area contributed by atoms with E-state index in [1.54, 1.807) is 0 Å². The van der Waals surface area contributed by atoms with Crippen molar-refractivity contribution >= 4 is 10.5 Å². The number of hydrogen-bond donors (Lipinski definition) is 0. The molecule has 0 N–H and O–H groups in total. The maximum atomic E-state index is 5.09. The van der Waals surface area contributed by atoms with E-state index in [0.717, 1.165) is 16.9 Å². The Morgan fingerprint density at radius 2 is 2.44 bits per heavy atom. The van der Waals surface area contributed by atoms with Crippen LogP contribution in [0.4, 0.5) is 0 Å². The van der Waals surface area contributed by atoms with Crippen molar-refractivity contribution in [1.29, 1.82) is 0 Å². The Bertz CT molecular complexity index is 75.5. The molecule has 0 fully saturated rings. The molecule has 54 valence electrons. The van der Waals surface area contributed by atoms with E-state index in [9.17, 15) is 0 Å². The van der Waals surface area contributed by atoms with Gasteiger partial charge in [-0.05, 0) is 6.42 Å². The first-order chi connectivity index (χ1) is 4.35. The standard InChI is InChI=1S/C6H14O2Si/c1-3-6(5-8-9)7-4-2/h4,6H,2-3,5H2,1,9H3. The van der Waals surface area contributed by atoms with Gasteiger partial charge < -0.3 is 9.16 Å². The van der Waals surface area contributed by atoms with Crippen molar-refractivity contribution in [2.75, 3.05) is 6.61 Å². The van der Waals surface area contributed by atoms with Gasteiger partial charge in [0.2, 0.25) is 0 Å². The average molecular weight is 146 g/mol. The predicted molar refractivity (Wildman–Crippen MR) is 41.3 cm³/mol. The summed E-state index contributed by atoms with van der Waals surface area (Å²) in [4.78, 5) is 0. The smallest absolute Gasteiger partial charge is 0.146 e. The third kappa shape index (κ3) is 4.24. The van der Waals surface area contributed by atoms with Gasteiger partial charge in [-0.3, -0.25) is 0 Å². The molecule has 0 aromatic heterocycles. The largest absolute Gasteiger partial charge is 0.496 e. The second kappa shape index (κ2) is 5.85. The van der Waals surface area contributed by atoms with Gasteiger partial charge >= 0.3 is 0 Å². The number of rotatable bonds is 5. The monoisotopic (exact) mass is 146 g/mol. The maximum absolute atomic E-state index is 5.09. The number of hydrogen-bond acceptors (Lipinski definition) is 2. The summed E-state index contributed by atoms with van der Waals surface area (Å²) in [5, 5.41) is 0. The Labute approximate surface area is 59.4 Å². The van der Waals surface area contributed by atoms with E-state index in [-0.39, 0.29) is 6.10 Å². The molecule has 0 radical (unpaired) electrons. The quantitative estimate of drug-likeness (QED) is 0.408. The van der Waals surface area contributed by atoms with Crippen LogP contribution in [0, 0.1) is 0 Å². The summed E-state index contributed by atoms with van der Waals surface area (Å²) in [6, 6.07) is 0. The molecule has 0 amide bonds. The van der Waals surface area contributed by atoms with Crippen LogP contribution in [0.1, 0.15) is 13.3 Å². The van der Waals surface area contributed by atoms with Crippen molar-refractivity contribution in [1.82, 2.24) is 0 Å². The SMILES string of the molecule is C=COC(CC)CO[SiH3]. The van der Waals surface area contributed by atoms with Crippen LogP contribution in [0.15, 0.2) is 12.8 Å². The van der Waals surface area contributed by atoms with Crippen LogP contribution in [-0.2, 0) is 9.16 Å². The van der Waals surface area contributed by atoms with Crippen molar-refractivity contribution in [2.45, 2.75) is 19.4 Å². The highest BCUT2D eigenvalue weighted by atomic mass is 28.2. The maximum Gasteiger partial charge on any atom is 0.146 e. The Morgan fingerprint density at radius 1 is 1.78 bits per heavy atom. The van der Waals surface area contributed by atoms with E-state index < -0.39 is 0 Å². The molecule has 0 rings (SSSR count). The lowest BCUT2D eigenvalue weighted by atomic mass is 10.3. The molecule has 2 nitrogen and oxygen atoms in total. The lowest BCUT2D eigenvalue weighted by Crippen LogP contribution is -2.15. The second-order valence-corrected chi connectivity index (χ2v) is 2.37. The van der Waals surface area contributed by atoms with E-state index in [2.05, 4.69) is 13.5 Å². The molecule has 0 saturated carbocycles. The minimum atomic E-state index is 0.208. The topological polar surface area (TPSA) is 18.5 Å². The molecule has 1 unspecified atom stereocenters. The highest BCUT2D eigenvalue weighted by molar-refractivity contribution is 5.97. The molecule has 9 heavy (non-hydrogen) atoms. The van der Waals surface area contributed by atoms with Gasteiger partial charge in [-0.15, -0.1) is 0 Å².